The Morgan fingerprint density at radius 2 is 1.48 bits per heavy atom. The van der Waals surface area contributed by atoms with Crippen molar-refractivity contribution in [1.82, 2.24) is 0 Å². The largest absolute Gasteiger partial charge is 0.490 e. The van der Waals surface area contributed by atoms with Gasteiger partial charge in [-0.05, 0) is 30.0 Å². The van der Waals surface area contributed by atoms with Crippen LogP contribution in [0.1, 0.15) is 58.5 Å². The molecule has 0 fully saturated rings. The Labute approximate surface area is 143 Å². The zero-order valence-electron chi connectivity index (χ0n) is 13.9. The Kier molecular flexibility index (Phi) is 8.66. The van der Waals surface area contributed by atoms with E-state index in [1.165, 1.54) is 0 Å². The van der Waals surface area contributed by atoms with Gasteiger partial charge in [-0.25, -0.2) is 4.79 Å². The van der Waals surface area contributed by atoms with Crippen LogP contribution in [0.5, 0.6) is 0 Å². The van der Waals surface area contributed by atoms with Crippen molar-refractivity contribution in [3.63, 3.8) is 0 Å². The lowest BCUT2D eigenvalue weighted by molar-refractivity contribution is -0.192. The van der Waals surface area contributed by atoms with Crippen molar-refractivity contribution < 1.29 is 32.7 Å². The molecule has 1 aromatic carbocycles. The lowest BCUT2D eigenvalue weighted by Crippen LogP contribution is -2.22. The lowest BCUT2D eigenvalue weighted by atomic mass is 9.90. The number of carboxylic acid groups (broad SMARTS) is 1. The molecule has 0 heterocycles. The number of halogens is 3. The Hall–Kier alpha value is -2.58. The highest BCUT2D eigenvalue weighted by atomic mass is 19.4. The van der Waals surface area contributed by atoms with Gasteiger partial charge in [-0.2, -0.15) is 13.2 Å². The van der Waals surface area contributed by atoms with Gasteiger partial charge < -0.3 is 16.6 Å². The number of benzene rings is 1. The maximum Gasteiger partial charge on any atom is 0.490 e. The lowest BCUT2D eigenvalue weighted by Gasteiger charge is -2.14. The predicted molar refractivity (Wildman–Crippen MR) is 85.2 cm³/mol. The molecule has 5 N–H and O–H groups in total. The second kappa shape index (κ2) is 9.65. The molecule has 0 spiro atoms. The molecular weight excluding hydrogens is 341 g/mol. The van der Waals surface area contributed by atoms with Gasteiger partial charge in [-0.15, -0.1) is 0 Å². The van der Waals surface area contributed by atoms with E-state index < -0.39 is 24.0 Å². The number of alkyl halides is 3. The molecule has 0 bridgehead atoms. The molecule has 0 aliphatic rings. The first-order valence-corrected chi connectivity index (χ1v) is 7.51. The first-order valence-electron chi connectivity index (χ1n) is 7.51. The topological polar surface area (TPSA) is 123 Å². The minimum absolute atomic E-state index is 0.408. The molecule has 0 aliphatic carbocycles. The Morgan fingerprint density at radius 3 is 1.80 bits per heavy atom. The van der Waals surface area contributed by atoms with Crippen molar-refractivity contribution >= 4 is 17.8 Å². The van der Waals surface area contributed by atoms with Gasteiger partial charge in [-0.1, -0.05) is 32.8 Å². The van der Waals surface area contributed by atoms with Crippen molar-refractivity contribution in [1.29, 1.82) is 0 Å². The minimum atomic E-state index is -5.08. The van der Waals surface area contributed by atoms with Gasteiger partial charge in [0.1, 0.15) is 0 Å². The maximum atomic E-state index is 11.6. The van der Waals surface area contributed by atoms with Crippen molar-refractivity contribution in [3.05, 3.63) is 34.4 Å². The summed E-state index contributed by atoms with van der Waals surface area (Å²) in [5, 5.41) is 7.12. The summed E-state index contributed by atoms with van der Waals surface area (Å²) < 4.78 is 31.7. The molecule has 1 rings (SSSR count). The Bertz CT molecular complexity index is 643. The van der Waals surface area contributed by atoms with Crippen LogP contribution < -0.4 is 11.5 Å². The fourth-order valence-corrected chi connectivity index (χ4v) is 2.22. The molecule has 0 radical (unpaired) electrons. The zero-order chi connectivity index (χ0) is 19.8. The number of rotatable bonds is 6. The van der Waals surface area contributed by atoms with E-state index in [0.717, 1.165) is 24.8 Å². The average Bonchev–Trinajstić information content (AvgIpc) is 2.47. The summed E-state index contributed by atoms with van der Waals surface area (Å²) in [6.45, 7) is 4.02. The van der Waals surface area contributed by atoms with E-state index in [0.29, 0.717) is 23.1 Å². The second-order valence-electron chi connectivity index (χ2n) is 5.16. The number of hydrogen-bond acceptors (Lipinski definition) is 3. The van der Waals surface area contributed by atoms with Crippen LogP contribution in [0.15, 0.2) is 12.1 Å². The van der Waals surface area contributed by atoms with Gasteiger partial charge in [0.15, 0.2) is 0 Å². The zero-order valence-corrected chi connectivity index (χ0v) is 13.9. The van der Waals surface area contributed by atoms with Gasteiger partial charge in [0.05, 0.1) is 0 Å². The van der Waals surface area contributed by atoms with Crippen LogP contribution in [0.25, 0.3) is 0 Å². The second-order valence-corrected chi connectivity index (χ2v) is 5.16. The van der Waals surface area contributed by atoms with Crippen molar-refractivity contribution in [2.24, 2.45) is 11.5 Å². The van der Waals surface area contributed by atoms with Gasteiger partial charge in [0, 0.05) is 11.1 Å². The number of primary amides is 2. The van der Waals surface area contributed by atoms with E-state index in [1.54, 1.807) is 12.1 Å². The predicted octanol–water partition coefficient (Wildman–Crippen LogP) is 2.42. The van der Waals surface area contributed by atoms with Crippen LogP contribution in [0.4, 0.5) is 13.2 Å². The number of carbonyl (C=O) groups excluding carboxylic acids is 2. The SMILES string of the molecule is CCCc1ccc(C(N)=O)c(CCC)c1C(N)=O.O=C(O)C(F)(F)F. The van der Waals surface area contributed by atoms with Crippen LogP contribution >= 0.6 is 0 Å². The van der Waals surface area contributed by atoms with Crippen LogP contribution in [0.2, 0.25) is 0 Å². The minimum Gasteiger partial charge on any atom is -0.475 e. The van der Waals surface area contributed by atoms with E-state index in [4.69, 9.17) is 21.4 Å². The Morgan fingerprint density at radius 1 is 1.00 bits per heavy atom. The fraction of sp³-hybridized carbons (Fsp3) is 0.438. The maximum absolute atomic E-state index is 11.6. The number of amides is 2. The number of aryl methyl sites for hydroxylation is 1. The monoisotopic (exact) mass is 362 g/mol. The molecule has 1 aromatic rings. The summed E-state index contributed by atoms with van der Waals surface area (Å²) in [5.74, 6) is -3.75. The summed E-state index contributed by atoms with van der Waals surface area (Å²) in [7, 11) is 0. The fourth-order valence-electron chi connectivity index (χ4n) is 2.22. The number of hydrogen-bond donors (Lipinski definition) is 3. The standard InChI is InChI=1S/C14H20N2O2.C2HF3O2/c1-3-5-9-7-8-11(13(15)17)10(6-4-2)12(9)14(16)18;3-2(4,5)1(6)7/h7-8H,3-6H2,1-2H3,(H2,15,17)(H2,16,18);(H,6,7). The summed E-state index contributed by atoms with van der Waals surface area (Å²) in [6, 6.07) is 3.48. The highest BCUT2D eigenvalue weighted by molar-refractivity contribution is 6.02. The third-order valence-electron chi connectivity index (χ3n) is 3.17. The average molecular weight is 362 g/mol. The smallest absolute Gasteiger partial charge is 0.475 e. The van der Waals surface area contributed by atoms with Gasteiger partial charge in [0.2, 0.25) is 11.8 Å². The van der Waals surface area contributed by atoms with Crippen LogP contribution in [0, 0.1) is 0 Å². The van der Waals surface area contributed by atoms with E-state index >= 15 is 0 Å². The molecule has 6 nitrogen and oxygen atoms in total. The molecule has 2 amide bonds. The molecule has 0 atom stereocenters. The molecule has 0 saturated heterocycles. The quantitative estimate of drug-likeness (QED) is 0.719. The molecule has 0 aromatic heterocycles. The van der Waals surface area contributed by atoms with Crippen LogP contribution in [-0.4, -0.2) is 29.1 Å². The van der Waals surface area contributed by atoms with E-state index in [-0.39, 0.29) is 0 Å². The van der Waals surface area contributed by atoms with E-state index in [2.05, 4.69) is 0 Å². The number of aliphatic carboxylic acids is 1. The molecule has 0 unspecified atom stereocenters. The van der Waals surface area contributed by atoms with Crippen molar-refractivity contribution in [2.45, 2.75) is 45.7 Å². The molecule has 9 heteroatoms. The first kappa shape index (κ1) is 22.4. The van der Waals surface area contributed by atoms with Gasteiger partial charge in [0.25, 0.3) is 0 Å². The number of carbonyl (C=O) groups is 3. The molecule has 25 heavy (non-hydrogen) atoms. The highest BCUT2D eigenvalue weighted by Crippen LogP contribution is 2.22. The molecule has 0 saturated carbocycles. The number of nitrogens with two attached hydrogens (primary N) is 2. The first-order chi connectivity index (χ1) is 11.5. The highest BCUT2D eigenvalue weighted by Gasteiger charge is 2.38. The van der Waals surface area contributed by atoms with E-state index in [1.807, 2.05) is 13.8 Å². The molecular formula is C16H21F3N2O4. The normalized spacial score (nSPS) is 10.6. The third kappa shape index (κ3) is 6.82. The summed E-state index contributed by atoms with van der Waals surface area (Å²) in [5.41, 5.74) is 13.3. The third-order valence-corrected chi connectivity index (χ3v) is 3.17. The summed E-state index contributed by atoms with van der Waals surface area (Å²) in [4.78, 5) is 31.9. The van der Waals surface area contributed by atoms with Crippen molar-refractivity contribution in [3.8, 4) is 0 Å². The summed E-state index contributed by atoms with van der Waals surface area (Å²) >= 11 is 0. The number of carboxylic acids is 1. The van der Waals surface area contributed by atoms with Crippen LogP contribution in [-0.2, 0) is 17.6 Å². The van der Waals surface area contributed by atoms with Gasteiger partial charge in [-0.3, -0.25) is 9.59 Å². The molecule has 0 aliphatic heterocycles. The van der Waals surface area contributed by atoms with E-state index in [9.17, 15) is 22.8 Å². The van der Waals surface area contributed by atoms with Crippen LogP contribution in [0.3, 0.4) is 0 Å². The Balaban J connectivity index is 0.000000697. The molecule has 140 valence electrons. The summed E-state index contributed by atoms with van der Waals surface area (Å²) in [6.07, 6.45) is -1.93. The van der Waals surface area contributed by atoms with Gasteiger partial charge >= 0.3 is 12.1 Å². The van der Waals surface area contributed by atoms with Crippen molar-refractivity contribution in [2.75, 3.05) is 0 Å².